The molecule has 6 nitrogen and oxygen atoms in total. The van der Waals surface area contributed by atoms with Crippen LogP contribution in [0.4, 0.5) is 0 Å². The number of thiazole rings is 1. The SMILES string of the molecule is COc1ccc(-c2nc(CN[C@@H](c3ccc4c(c3)OCCCO4)C(C)C)cs2)cc1OC. The van der Waals surface area contributed by atoms with Crippen LogP contribution in [-0.2, 0) is 6.54 Å². The van der Waals surface area contributed by atoms with Crippen molar-refractivity contribution in [1.29, 1.82) is 0 Å². The van der Waals surface area contributed by atoms with E-state index in [1.807, 2.05) is 24.3 Å². The normalized spacial score (nSPS) is 14.2. The van der Waals surface area contributed by atoms with Crippen molar-refractivity contribution < 1.29 is 18.9 Å². The Morgan fingerprint density at radius 2 is 1.78 bits per heavy atom. The minimum atomic E-state index is 0.179. The minimum Gasteiger partial charge on any atom is -0.493 e. The van der Waals surface area contributed by atoms with E-state index in [-0.39, 0.29) is 6.04 Å². The van der Waals surface area contributed by atoms with Crippen molar-refractivity contribution in [1.82, 2.24) is 10.3 Å². The predicted molar refractivity (Wildman–Crippen MR) is 127 cm³/mol. The molecular formula is C25H30N2O4S. The van der Waals surface area contributed by atoms with Gasteiger partial charge in [-0.05, 0) is 41.8 Å². The molecule has 0 spiro atoms. The summed E-state index contributed by atoms with van der Waals surface area (Å²) in [5.41, 5.74) is 3.22. The van der Waals surface area contributed by atoms with Crippen LogP contribution < -0.4 is 24.3 Å². The summed E-state index contributed by atoms with van der Waals surface area (Å²) in [7, 11) is 3.28. The predicted octanol–water partition coefficient (Wildman–Crippen LogP) is 5.48. The molecule has 3 aromatic rings. The van der Waals surface area contributed by atoms with Gasteiger partial charge in [0.2, 0.25) is 0 Å². The molecule has 0 fully saturated rings. The number of benzene rings is 2. The summed E-state index contributed by atoms with van der Waals surface area (Å²) in [5.74, 6) is 3.48. The first kappa shape index (κ1) is 22.4. The Kier molecular flexibility index (Phi) is 7.17. The molecular weight excluding hydrogens is 424 g/mol. The first-order valence-electron chi connectivity index (χ1n) is 10.9. The third-order valence-corrected chi connectivity index (χ3v) is 6.42. The number of hydrogen-bond acceptors (Lipinski definition) is 7. The Labute approximate surface area is 193 Å². The number of hydrogen-bond donors (Lipinski definition) is 1. The van der Waals surface area contributed by atoms with Gasteiger partial charge in [-0.2, -0.15) is 0 Å². The fourth-order valence-electron chi connectivity index (χ4n) is 3.82. The van der Waals surface area contributed by atoms with Gasteiger partial charge in [0.25, 0.3) is 0 Å². The van der Waals surface area contributed by atoms with E-state index in [2.05, 4.69) is 36.7 Å². The van der Waals surface area contributed by atoms with Crippen molar-refractivity contribution in [2.45, 2.75) is 32.9 Å². The maximum Gasteiger partial charge on any atom is 0.161 e. The summed E-state index contributed by atoms with van der Waals surface area (Å²) in [4.78, 5) is 4.83. The van der Waals surface area contributed by atoms with Gasteiger partial charge in [0.05, 0.1) is 33.1 Å². The van der Waals surface area contributed by atoms with Crippen molar-refractivity contribution in [2.24, 2.45) is 5.92 Å². The molecule has 32 heavy (non-hydrogen) atoms. The number of nitrogens with one attached hydrogen (secondary N) is 1. The van der Waals surface area contributed by atoms with Gasteiger partial charge in [0.15, 0.2) is 23.0 Å². The summed E-state index contributed by atoms with van der Waals surface area (Å²) < 4.78 is 22.4. The molecule has 0 bridgehead atoms. The third-order valence-electron chi connectivity index (χ3n) is 5.48. The molecule has 0 unspecified atom stereocenters. The smallest absolute Gasteiger partial charge is 0.161 e. The highest BCUT2D eigenvalue weighted by Crippen LogP contribution is 2.35. The molecule has 0 radical (unpaired) electrons. The largest absolute Gasteiger partial charge is 0.493 e. The number of ether oxygens (including phenoxy) is 4. The van der Waals surface area contributed by atoms with Crippen LogP contribution in [0.15, 0.2) is 41.8 Å². The summed E-state index contributed by atoms with van der Waals surface area (Å²) in [5, 5.41) is 6.74. The second kappa shape index (κ2) is 10.2. The van der Waals surface area contributed by atoms with Crippen LogP contribution >= 0.6 is 11.3 Å². The number of nitrogens with zero attached hydrogens (tertiary/aromatic N) is 1. The minimum absolute atomic E-state index is 0.179. The first-order valence-corrected chi connectivity index (χ1v) is 11.8. The average Bonchev–Trinajstić information content (AvgIpc) is 3.15. The lowest BCUT2D eigenvalue weighted by Crippen LogP contribution is -2.25. The van der Waals surface area contributed by atoms with Crippen LogP contribution in [-0.4, -0.2) is 32.4 Å². The first-order chi connectivity index (χ1) is 15.6. The van der Waals surface area contributed by atoms with E-state index in [1.165, 1.54) is 5.56 Å². The van der Waals surface area contributed by atoms with Crippen molar-refractivity contribution in [3.8, 4) is 33.6 Å². The lowest BCUT2D eigenvalue weighted by atomic mass is 9.95. The Bertz CT molecular complexity index is 1050. The fourth-order valence-corrected chi connectivity index (χ4v) is 4.63. The zero-order valence-electron chi connectivity index (χ0n) is 19.0. The van der Waals surface area contributed by atoms with Crippen molar-refractivity contribution >= 4 is 11.3 Å². The maximum absolute atomic E-state index is 5.89. The molecule has 1 aliphatic heterocycles. The van der Waals surface area contributed by atoms with Gasteiger partial charge in [-0.3, -0.25) is 0 Å². The number of aromatic nitrogens is 1. The molecule has 170 valence electrons. The monoisotopic (exact) mass is 454 g/mol. The molecule has 1 atom stereocenters. The zero-order chi connectivity index (χ0) is 22.5. The van der Waals surface area contributed by atoms with Crippen molar-refractivity contribution in [2.75, 3.05) is 27.4 Å². The lowest BCUT2D eigenvalue weighted by Gasteiger charge is -2.23. The van der Waals surface area contributed by atoms with Gasteiger partial charge in [-0.1, -0.05) is 19.9 Å². The van der Waals surface area contributed by atoms with Gasteiger partial charge in [-0.15, -0.1) is 11.3 Å². The molecule has 2 aromatic carbocycles. The highest BCUT2D eigenvalue weighted by molar-refractivity contribution is 7.13. The van der Waals surface area contributed by atoms with E-state index in [0.29, 0.717) is 37.2 Å². The molecule has 0 saturated heterocycles. The number of fused-ring (bicyclic) bond motifs is 1. The molecule has 4 rings (SSSR count). The van der Waals surface area contributed by atoms with E-state index in [0.717, 1.165) is 34.2 Å². The molecule has 0 saturated carbocycles. The average molecular weight is 455 g/mol. The second-order valence-corrected chi connectivity index (χ2v) is 8.93. The van der Waals surface area contributed by atoms with Crippen LogP contribution in [0.3, 0.4) is 0 Å². The molecule has 7 heteroatoms. The number of methoxy groups -OCH3 is 2. The van der Waals surface area contributed by atoms with Crippen LogP contribution in [0.5, 0.6) is 23.0 Å². The fraction of sp³-hybridized carbons (Fsp3) is 0.400. The van der Waals surface area contributed by atoms with E-state index in [9.17, 15) is 0 Å². The van der Waals surface area contributed by atoms with Crippen LogP contribution in [0.25, 0.3) is 10.6 Å². The Morgan fingerprint density at radius 3 is 2.53 bits per heavy atom. The van der Waals surface area contributed by atoms with E-state index in [4.69, 9.17) is 23.9 Å². The lowest BCUT2D eigenvalue weighted by molar-refractivity contribution is 0.296. The molecule has 1 N–H and O–H groups in total. The highest BCUT2D eigenvalue weighted by Gasteiger charge is 2.19. The summed E-state index contributed by atoms with van der Waals surface area (Å²) in [6.45, 7) is 6.51. The summed E-state index contributed by atoms with van der Waals surface area (Å²) in [6, 6.07) is 12.3. The van der Waals surface area contributed by atoms with Crippen LogP contribution in [0.1, 0.15) is 37.6 Å². The molecule has 1 aromatic heterocycles. The Hall–Kier alpha value is -2.77. The molecule has 0 amide bonds. The Balaban J connectivity index is 1.48. The molecule has 1 aliphatic rings. The van der Waals surface area contributed by atoms with Gasteiger partial charge in [-0.25, -0.2) is 4.98 Å². The number of rotatable bonds is 8. The second-order valence-electron chi connectivity index (χ2n) is 8.07. The summed E-state index contributed by atoms with van der Waals surface area (Å²) >= 11 is 1.63. The Morgan fingerprint density at radius 1 is 1.00 bits per heavy atom. The van der Waals surface area contributed by atoms with E-state index < -0.39 is 0 Å². The summed E-state index contributed by atoms with van der Waals surface area (Å²) in [6.07, 6.45) is 0.905. The third kappa shape index (κ3) is 5.00. The van der Waals surface area contributed by atoms with Gasteiger partial charge >= 0.3 is 0 Å². The zero-order valence-corrected chi connectivity index (χ0v) is 19.8. The topological polar surface area (TPSA) is 61.8 Å². The van der Waals surface area contributed by atoms with Gasteiger partial charge in [0.1, 0.15) is 5.01 Å². The standard InChI is InChI=1S/C25H30N2O4S/c1-16(2)24(17-6-9-21-23(12-17)31-11-5-10-30-21)26-14-19-15-32-25(27-19)18-7-8-20(28-3)22(13-18)29-4/h6-9,12-13,15-16,24,26H,5,10-11,14H2,1-4H3/t24-/m1/s1. The van der Waals surface area contributed by atoms with Gasteiger partial charge in [0, 0.05) is 30.0 Å². The molecule has 0 aliphatic carbocycles. The van der Waals surface area contributed by atoms with Crippen LogP contribution in [0, 0.1) is 5.92 Å². The molecule has 2 heterocycles. The van der Waals surface area contributed by atoms with Crippen LogP contribution in [0.2, 0.25) is 0 Å². The maximum atomic E-state index is 5.89. The van der Waals surface area contributed by atoms with E-state index >= 15 is 0 Å². The quantitative estimate of drug-likeness (QED) is 0.487. The van der Waals surface area contributed by atoms with E-state index in [1.54, 1.807) is 25.6 Å². The van der Waals surface area contributed by atoms with Gasteiger partial charge < -0.3 is 24.3 Å². The highest BCUT2D eigenvalue weighted by atomic mass is 32.1. The van der Waals surface area contributed by atoms with Crippen molar-refractivity contribution in [3.05, 3.63) is 53.0 Å². The van der Waals surface area contributed by atoms with Crippen molar-refractivity contribution in [3.63, 3.8) is 0 Å².